The van der Waals surface area contributed by atoms with Gasteiger partial charge in [-0.1, -0.05) is 17.3 Å². The second-order valence-electron chi connectivity index (χ2n) is 6.73. The van der Waals surface area contributed by atoms with E-state index in [0.29, 0.717) is 48.2 Å². The van der Waals surface area contributed by atoms with Crippen molar-refractivity contribution in [1.29, 1.82) is 0 Å². The summed E-state index contributed by atoms with van der Waals surface area (Å²) in [6, 6.07) is 11.1. The molecule has 3 aromatic rings. The van der Waals surface area contributed by atoms with Gasteiger partial charge in [-0.2, -0.15) is 4.98 Å². The molecule has 0 saturated carbocycles. The molecule has 1 atom stereocenters. The van der Waals surface area contributed by atoms with Gasteiger partial charge < -0.3 is 18.9 Å². The van der Waals surface area contributed by atoms with Gasteiger partial charge in [0.1, 0.15) is 11.9 Å². The molecule has 29 heavy (non-hydrogen) atoms. The van der Waals surface area contributed by atoms with E-state index in [-0.39, 0.29) is 17.8 Å². The average Bonchev–Trinajstić information content (AvgIpc) is 3.36. The highest BCUT2D eigenvalue weighted by Crippen LogP contribution is 2.35. The quantitative estimate of drug-likeness (QED) is 0.630. The molecule has 4 rings (SSSR count). The fraction of sp³-hybridized carbons (Fsp3) is 0.286. The second kappa shape index (κ2) is 7.90. The van der Waals surface area contributed by atoms with Crippen molar-refractivity contribution in [3.8, 4) is 22.9 Å². The first-order chi connectivity index (χ1) is 14.1. The summed E-state index contributed by atoms with van der Waals surface area (Å²) in [6.07, 6.45) is 0.994. The maximum absolute atomic E-state index is 13.2. The number of rotatable bonds is 6. The zero-order chi connectivity index (χ0) is 20.4. The molecule has 2 aromatic carbocycles. The SMILES string of the molecule is COc1ccc(-c2noc(C3CCC(=O)N3Cc3ccc(F)cc3)n2)cc1OC. The van der Waals surface area contributed by atoms with Crippen LogP contribution in [0.25, 0.3) is 11.4 Å². The van der Waals surface area contributed by atoms with Crippen LogP contribution in [0.4, 0.5) is 4.39 Å². The van der Waals surface area contributed by atoms with E-state index in [9.17, 15) is 9.18 Å². The lowest BCUT2D eigenvalue weighted by molar-refractivity contribution is -0.129. The number of benzene rings is 2. The summed E-state index contributed by atoms with van der Waals surface area (Å²) < 4.78 is 29.2. The number of hydrogen-bond donors (Lipinski definition) is 0. The molecule has 1 unspecified atom stereocenters. The highest BCUT2D eigenvalue weighted by Gasteiger charge is 2.36. The summed E-state index contributed by atoms with van der Waals surface area (Å²) in [6.45, 7) is 0.359. The second-order valence-corrected chi connectivity index (χ2v) is 6.73. The minimum atomic E-state index is -0.311. The molecule has 2 heterocycles. The van der Waals surface area contributed by atoms with Crippen LogP contribution in [-0.2, 0) is 11.3 Å². The minimum absolute atomic E-state index is 0.00481. The maximum atomic E-state index is 13.2. The van der Waals surface area contributed by atoms with Crippen molar-refractivity contribution in [2.75, 3.05) is 14.2 Å². The summed E-state index contributed by atoms with van der Waals surface area (Å²) in [7, 11) is 3.12. The lowest BCUT2D eigenvalue weighted by atomic mass is 10.1. The van der Waals surface area contributed by atoms with Gasteiger partial charge in [0.25, 0.3) is 0 Å². The Morgan fingerprint density at radius 2 is 1.90 bits per heavy atom. The molecule has 0 aliphatic carbocycles. The van der Waals surface area contributed by atoms with Crippen LogP contribution < -0.4 is 9.47 Å². The molecule has 1 saturated heterocycles. The Kier molecular flexibility index (Phi) is 5.16. The molecular weight excluding hydrogens is 377 g/mol. The van der Waals surface area contributed by atoms with Crippen molar-refractivity contribution in [2.45, 2.75) is 25.4 Å². The van der Waals surface area contributed by atoms with Crippen molar-refractivity contribution >= 4 is 5.91 Å². The van der Waals surface area contributed by atoms with E-state index in [1.165, 1.54) is 12.1 Å². The largest absolute Gasteiger partial charge is 0.493 e. The number of hydrogen-bond acceptors (Lipinski definition) is 6. The molecule has 0 spiro atoms. The molecule has 150 valence electrons. The minimum Gasteiger partial charge on any atom is -0.493 e. The summed E-state index contributed by atoms with van der Waals surface area (Å²) in [5.74, 6) is 1.64. The number of carbonyl (C=O) groups is 1. The van der Waals surface area contributed by atoms with Crippen LogP contribution in [0.15, 0.2) is 47.0 Å². The van der Waals surface area contributed by atoms with Gasteiger partial charge in [-0.3, -0.25) is 4.79 Å². The first-order valence-electron chi connectivity index (χ1n) is 9.19. The first kappa shape index (κ1) is 18.9. The van der Waals surface area contributed by atoms with Crippen LogP contribution in [0.1, 0.15) is 30.3 Å². The number of methoxy groups -OCH3 is 2. The molecule has 7 nitrogen and oxygen atoms in total. The predicted molar refractivity (Wildman–Crippen MR) is 102 cm³/mol. The van der Waals surface area contributed by atoms with Crippen molar-refractivity contribution in [3.05, 3.63) is 59.7 Å². The van der Waals surface area contributed by atoms with Crippen molar-refractivity contribution < 1.29 is 23.2 Å². The molecule has 0 bridgehead atoms. The van der Waals surface area contributed by atoms with Crippen molar-refractivity contribution in [2.24, 2.45) is 0 Å². The van der Waals surface area contributed by atoms with Crippen LogP contribution in [0.3, 0.4) is 0 Å². The molecule has 0 N–H and O–H groups in total. The van der Waals surface area contributed by atoms with Crippen LogP contribution >= 0.6 is 0 Å². The number of nitrogens with zero attached hydrogens (tertiary/aromatic N) is 3. The fourth-order valence-electron chi connectivity index (χ4n) is 3.44. The first-order valence-corrected chi connectivity index (χ1v) is 9.19. The Balaban J connectivity index is 1.58. The Morgan fingerprint density at radius 1 is 1.14 bits per heavy atom. The highest BCUT2D eigenvalue weighted by atomic mass is 19.1. The van der Waals surface area contributed by atoms with Gasteiger partial charge in [0.15, 0.2) is 11.5 Å². The number of halogens is 1. The summed E-state index contributed by atoms with van der Waals surface area (Å²) in [5.41, 5.74) is 1.55. The average molecular weight is 397 g/mol. The molecule has 1 aromatic heterocycles. The molecule has 0 radical (unpaired) electrons. The number of aromatic nitrogens is 2. The van der Waals surface area contributed by atoms with E-state index < -0.39 is 0 Å². The van der Waals surface area contributed by atoms with Gasteiger partial charge in [-0.05, 0) is 42.3 Å². The molecule has 1 aliphatic rings. The highest BCUT2D eigenvalue weighted by molar-refractivity contribution is 5.78. The molecular formula is C21H20FN3O4. The Labute approximate surface area is 167 Å². The monoisotopic (exact) mass is 397 g/mol. The Bertz CT molecular complexity index is 1020. The van der Waals surface area contributed by atoms with E-state index in [4.69, 9.17) is 14.0 Å². The lowest BCUT2D eigenvalue weighted by Gasteiger charge is -2.22. The number of likely N-dealkylation sites (tertiary alicyclic amines) is 1. The summed E-state index contributed by atoms with van der Waals surface area (Å²) >= 11 is 0. The zero-order valence-electron chi connectivity index (χ0n) is 16.1. The Hall–Kier alpha value is -3.42. The fourth-order valence-corrected chi connectivity index (χ4v) is 3.44. The zero-order valence-corrected chi connectivity index (χ0v) is 16.1. The van der Waals surface area contributed by atoms with Gasteiger partial charge in [-0.25, -0.2) is 4.39 Å². The number of amides is 1. The van der Waals surface area contributed by atoms with Crippen LogP contribution in [0.2, 0.25) is 0 Å². The van der Waals surface area contributed by atoms with Gasteiger partial charge >= 0.3 is 0 Å². The van der Waals surface area contributed by atoms with Crippen LogP contribution in [0.5, 0.6) is 11.5 Å². The standard InChI is InChI=1S/C21H20FN3O4/c1-27-17-9-5-14(11-18(17)28-2)20-23-21(29-24-20)16-8-10-19(26)25(16)12-13-3-6-15(22)7-4-13/h3-7,9,11,16H,8,10,12H2,1-2H3. The number of carbonyl (C=O) groups excluding carboxylic acids is 1. The van der Waals surface area contributed by atoms with Gasteiger partial charge in [0.05, 0.1) is 14.2 Å². The van der Waals surface area contributed by atoms with Gasteiger partial charge in [0.2, 0.25) is 17.6 Å². The molecule has 1 aliphatic heterocycles. The van der Waals surface area contributed by atoms with E-state index >= 15 is 0 Å². The van der Waals surface area contributed by atoms with E-state index in [2.05, 4.69) is 10.1 Å². The predicted octanol–water partition coefficient (Wildman–Crippen LogP) is 3.76. The van der Waals surface area contributed by atoms with Gasteiger partial charge in [0, 0.05) is 18.5 Å². The third kappa shape index (κ3) is 3.78. The van der Waals surface area contributed by atoms with Crippen LogP contribution in [0, 0.1) is 5.82 Å². The van der Waals surface area contributed by atoms with E-state index in [1.807, 2.05) is 6.07 Å². The van der Waals surface area contributed by atoms with Crippen LogP contribution in [-0.4, -0.2) is 35.2 Å². The summed E-state index contributed by atoms with van der Waals surface area (Å²) in [5, 5.41) is 4.07. The van der Waals surface area contributed by atoms with Gasteiger partial charge in [-0.15, -0.1) is 0 Å². The molecule has 1 fully saturated rings. The third-order valence-corrected chi connectivity index (χ3v) is 4.96. The lowest BCUT2D eigenvalue weighted by Crippen LogP contribution is -2.27. The molecule has 8 heteroatoms. The van der Waals surface area contributed by atoms with Crippen molar-refractivity contribution in [3.63, 3.8) is 0 Å². The van der Waals surface area contributed by atoms with E-state index in [0.717, 1.165) is 5.56 Å². The smallest absolute Gasteiger partial charge is 0.249 e. The molecule has 1 amide bonds. The maximum Gasteiger partial charge on any atom is 0.249 e. The van der Waals surface area contributed by atoms with E-state index in [1.54, 1.807) is 43.4 Å². The number of ether oxygens (including phenoxy) is 2. The third-order valence-electron chi connectivity index (χ3n) is 4.96. The topological polar surface area (TPSA) is 77.7 Å². The Morgan fingerprint density at radius 3 is 2.62 bits per heavy atom. The van der Waals surface area contributed by atoms with Crippen molar-refractivity contribution in [1.82, 2.24) is 15.0 Å². The normalized spacial score (nSPS) is 16.3. The summed E-state index contributed by atoms with van der Waals surface area (Å²) in [4.78, 5) is 18.6.